The monoisotopic (exact) mass is 284 g/mol. The number of rotatable bonds is 7. The van der Waals surface area contributed by atoms with Crippen molar-refractivity contribution in [2.45, 2.75) is 38.9 Å². The Balaban J connectivity index is 3.04. The van der Waals surface area contributed by atoms with Crippen molar-refractivity contribution in [1.29, 1.82) is 0 Å². The van der Waals surface area contributed by atoms with Crippen molar-refractivity contribution >= 4 is 11.6 Å². The molecule has 0 aliphatic carbocycles. The topological polar surface area (TPSA) is 38.5 Å². The SMILES string of the molecule is CCN(C(C)COC)C(c1cccc(Cl)c1)C(C)N. The Bertz CT molecular complexity index is 384. The minimum Gasteiger partial charge on any atom is -0.383 e. The molecule has 0 saturated heterocycles. The Labute approximate surface area is 121 Å². The second-order valence-electron chi connectivity index (χ2n) is 4.99. The van der Waals surface area contributed by atoms with E-state index < -0.39 is 0 Å². The summed E-state index contributed by atoms with van der Waals surface area (Å²) in [6.07, 6.45) is 0. The lowest BCUT2D eigenvalue weighted by atomic mass is 9.97. The van der Waals surface area contributed by atoms with Crippen LogP contribution in [-0.4, -0.2) is 37.2 Å². The summed E-state index contributed by atoms with van der Waals surface area (Å²) in [6.45, 7) is 7.95. The Kier molecular flexibility index (Phi) is 6.80. The quantitative estimate of drug-likeness (QED) is 0.836. The van der Waals surface area contributed by atoms with Crippen LogP contribution in [0.3, 0.4) is 0 Å². The van der Waals surface area contributed by atoms with Gasteiger partial charge in [-0.25, -0.2) is 0 Å². The third-order valence-corrected chi connectivity index (χ3v) is 3.62. The molecule has 0 aliphatic heterocycles. The van der Waals surface area contributed by atoms with E-state index in [4.69, 9.17) is 22.1 Å². The zero-order chi connectivity index (χ0) is 14.4. The third kappa shape index (κ3) is 4.46. The van der Waals surface area contributed by atoms with Crippen molar-refractivity contribution in [2.24, 2.45) is 5.73 Å². The molecule has 3 unspecified atom stereocenters. The number of nitrogens with two attached hydrogens (primary N) is 1. The Morgan fingerprint density at radius 2 is 2.05 bits per heavy atom. The molecule has 4 heteroatoms. The van der Waals surface area contributed by atoms with Gasteiger partial charge in [-0.1, -0.05) is 30.7 Å². The van der Waals surface area contributed by atoms with Gasteiger partial charge >= 0.3 is 0 Å². The number of ether oxygens (including phenoxy) is 1. The Hall–Kier alpha value is -0.610. The van der Waals surface area contributed by atoms with Crippen molar-refractivity contribution in [3.63, 3.8) is 0 Å². The van der Waals surface area contributed by atoms with Crippen molar-refractivity contribution in [3.8, 4) is 0 Å². The molecule has 1 aromatic carbocycles. The minimum absolute atomic E-state index is 0.0257. The van der Waals surface area contributed by atoms with Gasteiger partial charge in [0.1, 0.15) is 0 Å². The predicted molar refractivity (Wildman–Crippen MR) is 81.6 cm³/mol. The molecule has 0 bridgehead atoms. The number of methoxy groups -OCH3 is 1. The fraction of sp³-hybridized carbons (Fsp3) is 0.600. The number of hydrogen-bond acceptors (Lipinski definition) is 3. The van der Waals surface area contributed by atoms with Gasteiger partial charge in [-0.2, -0.15) is 0 Å². The molecule has 0 heterocycles. The average molecular weight is 285 g/mol. The zero-order valence-corrected chi connectivity index (χ0v) is 13.0. The molecule has 0 aromatic heterocycles. The summed E-state index contributed by atoms with van der Waals surface area (Å²) in [5, 5.41) is 0.749. The predicted octanol–water partition coefficient (Wildman–Crippen LogP) is 3.09. The van der Waals surface area contributed by atoms with Gasteiger partial charge in [0.05, 0.1) is 12.6 Å². The van der Waals surface area contributed by atoms with E-state index in [0.717, 1.165) is 17.1 Å². The van der Waals surface area contributed by atoms with E-state index >= 15 is 0 Å². The lowest BCUT2D eigenvalue weighted by Crippen LogP contribution is -2.45. The van der Waals surface area contributed by atoms with Crippen LogP contribution in [0.4, 0.5) is 0 Å². The van der Waals surface area contributed by atoms with E-state index in [0.29, 0.717) is 12.6 Å². The summed E-state index contributed by atoms with van der Waals surface area (Å²) in [6, 6.07) is 8.43. The fourth-order valence-corrected chi connectivity index (χ4v) is 2.81. The van der Waals surface area contributed by atoms with Crippen LogP contribution in [0.1, 0.15) is 32.4 Å². The van der Waals surface area contributed by atoms with Gasteiger partial charge in [0.15, 0.2) is 0 Å². The number of likely N-dealkylation sites (N-methyl/N-ethyl adjacent to an activating group) is 1. The highest BCUT2D eigenvalue weighted by Crippen LogP contribution is 2.27. The summed E-state index contributed by atoms with van der Waals surface area (Å²) in [5.74, 6) is 0. The van der Waals surface area contributed by atoms with Crippen LogP contribution in [0.15, 0.2) is 24.3 Å². The van der Waals surface area contributed by atoms with Crippen LogP contribution in [0.5, 0.6) is 0 Å². The molecular weight excluding hydrogens is 260 g/mol. The van der Waals surface area contributed by atoms with Gasteiger partial charge in [-0.15, -0.1) is 0 Å². The highest BCUT2D eigenvalue weighted by molar-refractivity contribution is 6.30. The zero-order valence-electron chi connectivity index (χ0n) is 12.3. The highest BCUT2D eigenvalue weighted by Gasteiger charge is 2.26. The fourth-order valence-electron chi connectivity index (χ4n) is 2.61. The first-order chi connectivity index (χ1) is 9.01. The molecule has 0 aliphatic rings. The van der Waals surface area contributed by atoms with E-state index in [9.17, 15) is 0 Å². The van der Waals surface area contributed by atoms with E-state index in [2.05, 4.69) is 24.8 Å². The van der Waals surface area contributed by atoms with Gasteiger partial charge in [0, 0.05) is 24.2 Å². The average Bonchev–Trinajstić information content (AvgIpc) is 2.35. The maximum absolute atomic E-state index is 6.20. The van der Waals surface area contributed by atoms with Gasteiger partial charge in [-0.05, 0) is 38.1 Å². The molecule has 1 rings (SSSR count). The van der Waals surface area contributed by atoms with Gasteiger partial charge in [-0.3, -0.25) is 4.90 Å². The second-order valence-corrected chi connectivity index (χ2v) is 5.43. The molecule has 0 radical (unpaired) electrons. The van der Waals surface area contributed by atoms with Crippen LogP contribution in [0, 0.1) is 0 Å². The highest BCUT2D eigenvalue weighted by atomic mass is 35.5. The third-order valence-electron chi connectivity index (χ3n) is 3.38. The summed E-state index contributed by atoms with van der Waals surface area (Å²) >= 11 is 6.10. The van der Waals surface area contributed by atoms with E-state index in [1.807, 2.05) is 25.1 Å². The molecule has 2 N–H and O–H groups in total. The lowest BCUT2D eigenvalue weighted by Gasteiger charge is -2.38. The molecular formula is C15H25ClN2O. The Morgan fingerprint density at radius 3 is 2.53 bits per heavy atom. The van der Waals surface area contributed by atoms with Crippen LogP contribution >= 0.6 is 11.6 Å². The molecule has 0 spiro atoms. The molecule has 0 amide bonds. The van der Waals surface area contributed by atoms with E-state index in [-0.39, 0.29) is 12.1 Å². The summed E-state index contributed by atoms with van der Waals surface area (Å²) in [4.78, 5) is 2.36. The van der Waals surface area contributed by atoms with Crippen LogP contribution < -0.4 is 5.73 Å². The first-order valence-corrected chi connectivity index (χ1v) is 7.14. The van der Waals surface area contributed by atoms with Crippen LogP contribution in [0.25, 0.3) is 0 Å². The maximum atomic E-state index is 6.20. The molecule has 0 saturated carbocycles. The standard InChI is InChI=1S/C15H25ClN2O/c1-5-18(11(2)10-19-4)15(12(3)17)13-7-6-8-14(16)9-13/h6-9,11-12,15H,5,10,17H2,1-4H3. The van der Waals surface area contributed by atoms with Crippen LogP contribution in [0.2, 0.25) is 5.02 Å². The molecule has 19 heavy (non-hydrogen) atoms. The van der Waals surface area contributed by atoms with E-state index in [1.165, 1.54) is 0 Å². The molecule has 1 aromatic rings. The van der Waals surface area contributed by atoms with E-state index in [1.54, 1.807) is 7.11 Å². The summed E-state index contributed by atoms with van der Waals surface area (Å²) in [5.41, 5.74) is 7.36. The largest absolute Gasteiger partial charge is 0.383 e. The van der Waals surface area contributed by atoms with Crippen molar-refractivity contribution in [3.05, 3.63) is 34.9 Å². The molecule has 0 fully saturated rings. The first-order valence-electron chi connectivity index (χ1n) is 6.77. The van der Waals surface area contributed by atoms with Crippen molar-refractivity contribution in [2.75, 3.05) is 20.3 Å². The molecule has 3 atom stereocenters. The lowest BCUT2D eigenvalue weighted by molar-refractivity contribution is 0.0654. The summed E-state index contributed by atoms with van der Waals surface area (Å²) < 4.78 is 5.27. The maximum Gasteiger partial charge on any atom is 0.0615 e. The number of benzene rings is 1. The molecule has 3 nitrogen and oxygen atoms in total. The Morgan fingerprint density at radius 1 is 1.37 bits per heavy atom. The van der Waals surface area contributed by atoms with Crippen LogP contribution in [-0.2, 0) is 4.74 Å². The normalized spacial score (nSPS) is 16.4. The minimum atomic E-state index is 0.0257. The number of nitrogens with zero attached hydrogens (tertiary/aromatic N) is 1. The van der Waals surface area contributed by atoms with Gasteiger partial charge in [0.25, 0.3) is 0 Å². The smallest absolute Gasteiger partial charge is 0.0615 e. The van der Waals surface area contributed by atoms with Gasteiger partial charge < -0.3 is 10.5 Å². The summed E-state index contributed by atoms with van der Waals surface area (Å²) in [7, 11) is 1.73. The van der Waals surface area contributed by atoms with Crippen molar-refractivity contribution in [1.82, 2.24) is 4.90 Å². The van der Waals surface area contributed by atoms with Crippen molar-refractivity contribution < 1.29 is 4.74 Å². The van der Waals surface area contributed by atoms with Gasteiger partial charge in [0.2, 0.25) is 0 Å². The first kappa shape index (κ1) is 16.4. The number of halogens is 1. The second kappa shape index (κ2) is 7.85. The number of hydrogen-bond donors (Lipinski definition) is 1. The molecule has 108 valence electrons.